The fourth-order valence-corrected chi connectivity index (χ4v) is 4.23. The van der Waals surface area contributed by atoms with Gasteiger partial charge in [0.1, 0.15) is 18.1 Å². The number of carbonyl (C=O) groups is 1. The molecule has 1 heterocycles. The van der Waals surface area contributed by atoms with Gasteiger partial charge in [-0.15, -0.1) is 10.2 Å². The lowest BCUT2D eigenvalue weighted by Crippen LogP contribution is -2.17. The highest BCUT2D eigenvalue weighted by molar-refractivity contribution is 7.74. The molecule has 0 saturated carbocycles. The Morgan fingerprint density at radius 3 is 2.38 bits per heavy atom. The summed E-state index contributed by atoms with van der Waals surface area (Å²) in [7, 11) is -1.60. The summed E-state index contributed by atoms with van der Waals surface area (Å²) < 4.78 is 46.8. The van der Waals surface area contributed by atoms with Crippen LogP contribution in [0.25, 0.3) is 11.4 Å². The predicted octanol–water partition coefficient (Wildman–Crippen LogP) is 4.34. The van der Waals surface area contributed by atoms with Crippen molar-refractivity contribution in [3.05, 3.63) is 58.6 Å². The number of ether oxygens (including phenoxy) is 1. The van der Waals surface area contributed by atoms with Crippen LogP contribution in [0, 0.1) is 5.82 Å². The largest absolute Gasteiger partial charge is 0.466 e. The zero-order chi connectivity index (χ0) is 25.2. The number of hydrogen-bond acceptors (Lipinski definition) is 6. The van der Waals surface area contributed by atoms with Gasteiger partial charge in [-0.3, -0.25) is 4.79 Å². The number of thiol groups is 1. The minimum atomic E-state index is -3.21. The lowest BCUT2D eigenvalue weighted by Gasteiger charge is -2.23. The molecule has 2 aromatic carbocycles. The first-order valence-electron chi connectivity index (χ1n) is 10.5. The topological polar surface area (TPSA) is 94.4 Å². The van der Waals surface area contributed by atoms with Crippen molar-refractivity contribution >= 4 is 39.8 Å². The predicted molar refractivity (Wildman–Crippen MR) is 129 cm³/mol. The van der Waals surface area contributed by atoms with Gasteiger partial charge in [-0.25, -0.2) is 17.1 Å². The van der Waals surface area contributed by atoms with Crippen molar-refractivity contribution in [1.29, 1.82) is 0 Å². The summed E-state index contributed by atoms with van der Waals surface area (Å²) in [6.45, 7) is 8.05. The maximum atomic E-state index is 14.5. The molecule has 0 fully saturated rings. The molecule has 182 valence electrons. The number of benzene rings is 2. The molecule has 1 aromatic heterocycles. The number of rotatable bonds is 7. The molecule has 8 nitrogen and oxygen atoms in total. The van der Waals surface area contributed by atoms with Crippen LogP contribution >= 0.6 is 11.6 Å². The monoisotopic (exact) mass is 508 g/mol. The number of aromatic nitrogens is 3. The number of hydrogen-bond donors (Lipinski definition) is 1. The van der Waals surface area contributed by atoms with Crippen molar-refractivity contribution in [3.63, 3.8) is 0 Å². The van der Waals surface area contributed by atoms with Crippen LogP contribution in [0.3, 0.4) is 0 Å². The SMILES string of the molecule is CCOC(=O)Cc1nnc(-c2cc(Cl)c(F)cc2N(c2ccc(C(C)(C)C)cc2)[SH](=O)=O)n1C. The fourth-order valence-electron chi connectivity index (χ4n) is 3.41. The van der Waals surface area contributed by atoms with Gasteiger partial charge in [-0.05, 0) is 36.1 Å². The molecule has 0 atom stereocenters. The van der Waals surface area contributed by atoms with E-state index in [9.17, 15) is 17.6 Å². The van der Waals surface area contributed by atoms with E-state index in [2.05, 4.69) is 10.2 Å². The highest BCUT2D eigenvalue weighted by Gasteiger charge is 2.24. The van der Waals surface area contributed by atoms with Gasteiger partial charge in [-0.2, -0.15) is 0 Å². The molecule has 0 aliphatic rings. The smallest absolute Gasteiger partial charge is 0.313 e. The third kappa shape index (κ3) is 5.39. The molecule has 0 bridgehead atoms. The highest BCUT2D eigenvalue weighted by Crippen LogP contribution is 2.38. The van der Waals surface area contributed by atoms with E-state index in [1.807, 2.05) is 32.9 Å². The zero-order valence-corrected chi connectivity index (χ0v) is 21.2. The van der Waals surface area contributed by atoms with Crippen molar-refractivity contribution in [3.8, 4) is 11.4 Å². The van der Waals surface area contributed by atoms with E-state index < -0.39 is 22.7 Å². The second-order valence-electron chi connectivity index (χ2n) is 8.61. The van der Waals surface area contributed by atoms with E-state index >= 15 is 0 Å². The lowest BCUT2D eigenvalue weighted by atomic mass is 9.87. The summed E-state index contributed by atoms with van der Waals surface area (Å²) in [5.74, 6) is -0.760. The number of halogens is 2. The Kier molecular flexibility index (Phi) is 7.62. The molecule has 34 heavy (non-hydrogen) atoms. The number of anilines is 2. The van der Waals surface area contributed by atoms with Crippen molar-refractivity contribution in [2.45, 2.75) is 39.5 Å². The molecule has 0 amide bonds. The van der Waals surface area contributed by atoms with Crippen LogP contribution in [0.1, 0.15) is 39.1 Å². The highest BCUT2D eigenvalue weighted by atomic mass is 35.5. The standard InChI is InChI=1S/C23H26ClFN4O4S/c1-6-33-21(30)13-20-26-27-22(28(20)5)16-11-17(24)18(25)12-19(16)29(34(31)32)15-9-7-14(8-10-15)23(2,3)4/h7-12,34H,6,13H2,1-5H3. The van der Waals surface area contributed by atoms with Crippen LogP contribution in [-0.2, 0) is 39.3 Å². The summed E-state index contributed by atoms with van der Waals surface area (Å²) in [4.78, 5) is 11.9. The van der Waals surface area contributed by atoms with E-state index in [-0.39, 0.29) is 40.5 Å². The number of carbonyl (C=O) groups excluding carboxylic acids is 1. The van der Waals surface area contributed by atoms with Crippen LogP contribution in [0.15, 0.2) is 36.4 Å². The van der Waals surface area contributed by atoms with Crippen LogP contribution in [-0.4, -0.2) is 35.8 Å². The minimum Gasteiger partial charge on any atom is -0.466 e. The van der Waals surface area contributed by atoms with Crippen LogP contribution < -0.4 is 4.31 Å². The van der Waals surface area contributed by atoms with Gasteiger partial charge in [0, 0.05) is 18.7 Å². The molecule has 0 N–H and O–H groups in total. The Morgan fingerprint density at radius 1 is 1.18 bits per heavy atom. The van der Waals surface area contributed by atoms with Crippen molar-refractivity contribution in [2.24, 2.45) is 7.05 Å². The molecule has 0 saturated heterocycles. The average molecular weight is 509 g/mol. The van der Waals surface area contributed by atoms with E-state index in [4.69, 9.17) is 16.3 Å². The molecule has 0 unspecified atom stereocenters. The van der Waals surface area contributed by atoms with Crippen LogP contribution in [0.2, 0.25) is 5.02 Å². The molecular weight excluding hydrogens is 483 g/mol. The molecule has 0 spiro atoms. The van der Waals surface area contributed by atoms with E-state index in [1.165, 1.54) is 10.6 Å². The normalized spacial score (nSPS) is 11.6. The van der Waals surface area contributed by atoms with Gasteiger partial charge < -0.3 is 9.30 Å². The summed E-state index contributed by atoms with van der Waals surface area (Å²) in [5, 5.41) is 7.93. The second-order valence-corrected chi connectivity index (χ2v) is 9.89. The molecule has 11 heteroatoms. The van der Waals surface area contributed by atoms with Gasteiger partial charge in [0.25, 0.3) is 0 Å². The van der Waals surface area contributed by atoms with E-state index in [0.29, 0.717) is 11.5 Å². The first kappa shape index (κ1) is 25.6. The third-order valence-electron chi connectivity index (χ3n) is 5.22. The van der Waals surface area contributed by atoms with Crippen LogP contribution in [0.5, 0.6) is 0 Å². The minimum absolute atomic E-state index is 0.0136. The number of nitrogens with zero attached hydrogens (tertiary/aromatic N) is 4. The Morgan fingerprint density at radius 2 is 1.82 bits per heavy atom. The van der Waals surface area contributed by atoms with Gasteiger partial charge in [-0.1, -0.05) is 44.5 Å². The summed E-state index contributed by atoms with van der Waals surface area (Å²) in [6.07, 6.45) is -0.130. The summed E-state index contributed by atoms with van der Waals surface area (Å²) in [6, 6.07) is 9.30. The van der Waals surface area contributed by atoms with Gasteiger partial charge >= 0.3 is 5.97 Å². The van der Waals surface area contributed by atoms with E-state index in [1.54, 1.807) is 26.1 Å². The van der Waals surface area contributed by atoms with Gasteiger partial charge in [0.05, 0.1) is 23.0 Å². The molecular formula is C23H26ClFN4O4S. The van der Waals surface area contributed by atoms with Crippen molar-refractivity contribution in [1.82, 2.24) is 14.8 Å². The molecule has 3 aromatic rings. The molecule has 0 aliphatic heterocycles. The average Bonchev–Trinajstić information content (AvgIpc) is 3.10. The Bertz CT molecular complexity index is 1280. The maximum Gasteiger partial charge on any atom is 0.313 e. The fraction of sp³-hybridized carbons (Fsp3) is 0.348. The number of esters is 1. The Hall–Kier alpha value is -2.98. The summed E-state index contributed by atoms with van der Waals surface area (Å²) in [5.41, 5.74) is 1.45. The van der Waals surface area contributed by atoms with Crippen molar-refractivity contribution in [2.75, 3.05) is 10.9 Å². The molecule has 0 aliphatic carbocycles. The van der Waals surface area contributed by atoms with Crippen LogP contribution in [0.4, 0.5) is 15.8 Å². The molecule has 0 radical (unpaired) electrons. The zero-order valence-electron chi connectivity index (χ0n) is 19.5. The lowest BCUT2D eigenvalue weighted by molar-refractivity contribution is -0.142. The van der Waals surface area contributed by atoms with Gasteiger partial charge in [0.2, 0.25) is 10.9 Å². The maximum absolute atomic E-state index is 14.5. The quantitative estimate of drug-likeness (QED) is 0.377. The summed E-state index contributed by atoms with van der Waals surface area (Å²) >= 11 is 6.05. The molecule has 3 rings (SSSR count). The van der Waals surface area contributed by atoms with E-state index in [0.717, 1.165) is 15.9 Å². The van der Waals surface area contributed by atoms with Gasteiger partial charge in [0.15, 0.2) is 5.82 Å². The Balaban J connectivity index is 2.15. The third-order valence-corrected chi connectivity index (χ3v) is 6.28. The first-order chi connectivity index (χ1) is 15.9. The van der Waals surface area contributed by atoms with Crippen molar-refractivity contribution < 1.29 is 22.3 Å². The second kappa shape index (κ2) is 10.1. The Labute approximate surface area is 204 Å². The first-order valence-corrected chi connectivity index (χ1v) is 12.0.